The molecule has 1 saturated heterocycles. The third-order valence-corrected chi connectivity index (χ3v) is 4.37. The van der Waals surface area contributed by atoms with Crippen LogP contribution in [0.5, 0.6) is 0 Å². The zero-order valence-electron chi connectivity index (χ0n) is 13.0. The van der Waals surface area contributed by atoms with Crippen LogP contribution in [0.1, 0.15) is 20.8 Å². The van der Waals surface area contributed by atoms with Gasteiger partial charge in [-0.1, -0.05) is 23.2 Å². The van der Waals surface area contributed by atoms with Crippen molar-refractivity contribution in [3.63, 3.8) is 0 Å². The third kappa shape index (κ3) is 3.83. The summed E-state index contributed by atoms with van der Waals surface area (Å²) in [4.78, 5) is 35.4. The number of hydrogen-bond donors (Lipinski definition) is 1. The molecule has 0 spiro atoms. The standard InChI is InChI=1S/C16H14Cl2N4O3/c17-11-8-12(18)14(20-9-11)21-3-5-22(6-4-21)15(23)13-7-10(16(24)25)1-2-19-13/h1-2,7-9H,3-6H2,(H,24,25). The first-order chi connectivity index (χ1) is 12.0. The van der Waals surface area contributed by atoms with Crippen LogP contribution in [0.3, 0.4) is 0 Å². The van der Waals surface area contributed by atoms with E-state index in [1.807, 2.05) is 4.90 Å². The highest BCUT2D eigenvalue weighted by Crippen LogP contribution is 2.26. The largest absolute Gasteiger partial charge is 0.478 e. The molecule has 0 atom stereocenters. The fraction of sp³-hybridized carbons (Fsp3) is 0.250. The highest BCUT2D eigenvalue weighted by Gasteiger charge is 2.25. The third-order valence-electron chi connectivity index (χ3n) is 3.88. The van der Waals surface area contributed by atoms with Gasteiger partial charge in [0.2, 0.25) is 0 Å². The topological polar surface area (TPSA) is 86.6 Å². The number of piperazine rings is 1. The molecule has 1 amide bonds. The van der Waals surface area contributed by atoms with Crippen molar-refractivity contribution in [3.05, 3.63) is 51.9 Å². The van der Waals surface area contributed by atoms with Gasteiger partial charge in [0.05, 0.1) is 15.6 Å². The van der Waals surface area contributed by atoms with Crippen molar-refractivity contribution < 1.29 is 14.7 Å². The van der Waals surface area contributed by atoms with Gasteiger partial charge in [0.25, 0.3) is 5.91 Å². The van der Waals surface area contributed by atoms with Crippen molar-refractivity contribution in [2.45, 2.75) is 0 Å². The summed E-state index contributed by atoms with van der Waals surface area (Å²) in [5.74, 6) is -0.758. The minimum atomic E-state index is -1.09. The predicted octanol–water partition coefficient (Wildman–Crippen LogP) is 2.44. The Morgan fingerprint density at radius 1 is 1.08 bits per heavy atom. The first-order valence-corrected chi connectivity index (χ1v) is 8.26. The van der Waals surface area contributed by atoms with Crippen LogP contribution in [0.2, 0.25) is 10.0 Å². The zero-order chi connectivity index (χ0) is 18.0. The molecule has 0 radical (unpaired) electrons. The second-order valence-corrected chi connectivity index (χ2v) is 6.32. The maximum atomic E-state index is 12.5. The number of nitrogens with zero attached hydrogens (tertiary/aromatic N) is 4. The average Bonchev–Trinajstić information content (AvgIpc) is 2.61. The van der Waals surface area contributed by atoms with Crippen LogP contribution >= 0.6 is 23.2 Å². The molecule has 0 unspecified atom stereocenters. The molecule has 2 aromatic heterocycles. The summed E-state index contributed by atoms with van der Waals surface area (Å²) in [5, 5.41) is 9.95. The molecule has 2 aromatic rings. The predicted molar refractivity (Wildman–Crippen MR) is 93.6 cm³/mol. The minimum Gasteiger partial charge on any atom is -0.478 e. The van der Waals surface area contributed by atoms with Gasteiger partial charge in [-0.15, -0.1) is 0 Å². The summed E-state index contributed by atoms with van der Waals surface area (Å²) >= 11 is 12.0. The summed E-state index contributed by atoms with van der Waals surface area (Å²) in [6, 6.07) is 4.27. The SMILES string of the molecule is O=C(O)c1ccnc(C(=O)N2CCN(c3ncc(Cl)cc3Cl)CC2)c1. The number of amides is 1. The van der Waals surface area contributed by atoms with E-state index in [1.165, 1.54) is 24.5 Å². The molecule has 3 rings (SSSR count). The number of carboxylic acid groups (broad SMARTS) is 1. The number of hydrogen-bond acceptors (Lipinski definition) is 5. The van der Waals surface area contributed by atoms with E-state index in [0.717, 1.165) is 0 Å². The number of halogens is 2. The van der Waals surface area contributed by atoms with E-state index in [0.29, 0.717) is 42.0 Å². The quantitative estimate of drug-likeness (QED) is 0.879. The second-order valence-electron chi connectivity index (χ2n) is 5.47. The molecular formula is C16H14Cl2N4O3. The Hall–Kier alpha value is -2.38. The van der Waals surface area contributed by atoms with Crippen molar-refractivity contribution >= 4 is 40.9 Å². The molecule has 1 fully saturated rings. The number of carbonyl (C=O) groups excluding carboxylic acids is 1. The van der Waals surface area contributed by atoms with E-state index in [2.05, 4.69) is 9.97 Å². The van der Waals surface area contributed by atoms with Gasteiger partial charge in [-0.25, -0.2) is 9.78 Å². The monoisotopic (exact) mass is 380 g/mol. The van der Waals surface area contributed by atoms with Gasteiger partial charge in [-0.2, -0.15) is 0 Å². The number of anilines is 1. The minimum absolute atomic E-state index is 0.0362. The van der Waals surface area contributed by atoms with Crippen LogP contribution < -0.4 is 4.90 Å². The molecule has 1 aliphatic rings. The fourth-order valence-corrected chi connectivity index (χ4v) is 3.10. The molecule has 130 valence electrons. The lowest BCUT2D eigenvalue weighted by molar-refractivity contribution is 0.0696. The van der Waals surface area contributed by atoms with E-state index < -0.39 is 5.97 Å². The maximum Gasteiger partial charge on any atom is 0.335 e. The lowest BCUT2D eigenvalue weighted by Crippen LogP contribution is -2.49. The molecule has 0 bridgehead atoms. The molecule has 0 aliphatic carbocycles. The Balaban J connectivity index is 1.68. The van der Waals surface area contributed by atoms with Gasteiger partial charge in [0.15, 0.2) is 0 Å². The van der Waals surface area contributed by atoms with Gasteiger partial charge in [-0.3, -0.25) is 9.78 Å². The number of pyridine rings is 2. The maximum absolute atomic E-state index is 12.5. The van der Waals surface area contributed by atoms with Gasteiger partial charge in [0, 0.05) is 38.6 Å². The highest BCUT2D eigenvalue weighted by molar-refractivity contribution is 6.36. The summed E-state index contributed by atoms with van der Waals surface area (Å²) in [5.41, 5.74) is 0.158. The van der Waals surface area contributed by atoms with Crippen molar-refractivity contribution in [2.75, 3.05) is 31.1 Å². The van der Waals surface area contributed by atoms with Gasteiger partial charge in [-0.05, 0) is 18.2 Å². The zero-order valence-corrected chi connectivity index (χ0v) is 14.5. The Labute approximate surface area is 153 Å². The van der Waals surface area contributed by atoms with Gasteiger partial charge in [0.1, 0.15) is 11.5 Å². The molecule has 7 nitrogen and oxygen atoms in total. The highest BCUT2D eigenvalue weighted by atomic mass is 35.5. The molecule has 1 aliphatic heterocycles. The van der Waals surface area contributed by atoms with E-state index in [9.17, 15) is 9.59 Å². The summed E-state index contributed by atoms with van der Waals surface area (Å²) in [6.07, 6.45) is 2.85. The van der Waals surface area contributed by atoms with E-state index in [-0.39, 0.29) is 17.2 Å². The number of carbonyl (C=O) groups is 2. The van der Waals surface area contributed by atoms with E-state index in [4.69, 9.17) is 28.3 Å². The fourth-order valence-electron chi connectivity index (χ4n) is 2.60. The Morgan fingerprint density at radius 2 is 1.80 bits per heavy atom. The molecular weight excluding hydrogens is 367 g/mol. The molecule has 1 N–H and O–H groups in total. The normalized spacial score (nSPS) is 14.5. The molecule has 0 aromatic carbocycles. The van der Waals surface area contributed by atoms with Crippen LogP contribution in [-0.4, -0.2) is 58.0 Å². The van der Waals surface area contributed by atoms with Crippen molar-refractivity contribution in [1.29, 1.82) is 0 Å². The second kappa shape index (κ2) is 7.25. The number of aromatic nitrogens is 2. The van der Waals surface area contributed by atoms with E-state index >= 15 is 0 Å². The Morgan fingerprint density at radius 3 is 2.44 bits per heavy atom. The first kappa shape index (κ1) is 17.4. The summed E-state index contributed by atoms with van der Waals surface area (Å²) < 4.78 is 0. The molecule has 25 heavy (non-hydrogen) atoms. The van der Waals surface area contributed by atoms with Crippen LogP contribution in [-0.2, 0) is 0 Å². The van der Waals surface area contributed by atoms with Crippen LogP contribution in [0.4, 0.5) is 5.82 Å². The van der Waals surface area contributed by atoms with Crippen LogP contribution in [0, 0.1) is 0 Å². The summed E-state index contributed by atoms with van der Waals surface area (Å²) in [7, 11) is 0. The number of aromatic carboxylic acids is 1. The smallest absolute Gasteiger partial charge is 0.335 e. The van der Waals surface area contributed by atoms with Crippen LogP contribution in [0.25, 0.3) is 0 Å². The lowest BCUT2D eigenvalue weighted by Gasteiger charge is -2.35. The first-order valence-electron chi connectivity index (χ1n) is 7.50. The van der Waals surface area contributed by atoms with E-state index in [1.54, 1.807) is 11.0 Å². The molecule has 0 saturated carbocycles. The molecule has 3 heterocycles. The molecule has 9 heteroatoms. The Bertz CT molecular complexity index is 823. The van der Waals surface area contributed by atoms with Gasteiger partial charge < -0.3 is 14.9 Å². The average molecular weight is 381 g/mol. The number of rotatable bonds is 3. The van der Waals surface area contributed by atoms with Crippen LogP contribution in [0.15, 0.2) is 30.6 Å². The van der Waals surface area contributed by atoms with Crippen molar-refractivity contribution in [3.8, 4) is 0 Å². The summed E-state index contributed by atoms with van der Waals surface area (Å²) in [6.45, 7) is 2.02. The number of carboxylic acids is 1. The Kier molecular flexibility index (Phi) is 5.06. The van der Waals surface area contributed by atoms with Crippen molar-refractivity contribution in [1.82, 2.24) is 14.9 Å². The lowest BCUT2D eigenvalue weighted by atomic mass is 10.2. The van der Waals surface area contributed by atoms with Gasteiger partial charge >= 0.3 is 5.97 Å². The van der Waals surface area contributed by atoms with Crippen molar-refractivity contribution in [2.24, 2.45) is 0 Å².